The number of nitrogens with zero attached hydrogens (tertiary/aromatic N) is 2. The molecule has 0 saturated heterocycles. The normalized spacial score (nSPS) is 10.0. The van der Waals surface area contributed by atoms with E-state index in [0.29, 0.717) is 0 Å². The second-order valence-corrected chi connectivity index (χ2v) is 10.6. The Morgan fingerprint density at radius 2 is 1.09 bits per heavy atom. The number of benzene rings is 2. The SMILES string of the molecule is [Cl][Pt+2][Cl].[S-]c1nc2ccccc2s1.[S-]c1nc2ccccc2s1. The fourth-order valence-electron chi connectivity index (χ4n) is 1.70. The summed E-state index contributed by atoms with van der Waals surface area (Å²) >= 11 is 12.5. The Balaban J connectivity index is 0.000000143. The fraction of sp³-hybridized carbons (Fsp3) is 0. The maximum absolute atomic E-state index is 4.92. The van der Waals surface area contributed by atoms with E-state index >= 15 is 0 Å². The number of rotatable bonds is 0. The molecule has 122 valence electrons. The molecule has 4 rings (SSSR count). The van der Waals surface area contributed by atoms with Crippen LogP contribution >= 0.6 is 41.5 Å². The van der Waals surface area contributed by atoms with Crippen LogP contribution in [-0.4, -0.2) is 9.97 Å². The Morgan fingerprint density at radius 3 is 1.43 bits per heavy atom. The van der Waals surface area contributed by atoms with E-state index in [0.717, 1.165) is 19.7 Å². The molecule has 0 aliphatic carbocycles. The molecule has 0 aliphatic heterocycles. The molecule has 0 N–H and O–H groups in total. The molecule has 2 heterocycles. The summed E-state index contributed by atoms with van der Waals surface area (Å²) in [6.07, 6.45) is 0. The van der Waals surface area contributed by atoms with Crippen LogP contribution in [0.25, 0.3) is 20.4 Å². The first kappa shape index (κ1) is 19.3. The molecule has 0 spiro atoms. The molecule has 23 heavy (non-hydrogen) atoms. The third-order valence-electron chi connectivity index (χ3n) is 2.55. The topological polar surface area (TPSA) is 25.8 Å². The monoisotopic (exact) mass is 597 g/mol. The Morgan fingerprint density at radius 1 is 0.739 bits per heavy atom. The fourth-order valence-corrected chi connectivity index (χ4v) is 3.83. The van der Waals surface area contributed by atoms with E-state index in [1.54, 1.807) is 22.7 Å². The van der Waals surface area contributed by atoms with Crippen molar-refractivity contribution in [3.05, 3.63) is 48.5 Å². The van der Waals surface area contributed by atoms with Crippen LogP contribution in [0.15, 0.2) is 57.2 Å². The number of halogens is 2. The third kappa shape index (κ3) is 6.05. The van der Waals surface area contributed by atoms with E-state index in [9.17, 15) is 0 Å². The van der Waals surface area contributed by atoms with Crippen LogP contribution in [0.5, 0.6) is 0 Å². The average molecular weight is 598 g/mol. The molecule has 0 atom stereocenters. The van der Waals surface area contributed by atoms with Crippen LogP contribution < -0.4 is 0 Å². The van der Waals surface area contributed by atoms with Crippen LogP contribution in [-0.2, 0) is 41.7 Å². The van der Waals surface area contributed by atoms with E-state index in [1.165, 1.54) is 9.40 Å². The van der Waals surface area contributed by atoms with Crippen LogP contribution in [0.2, 0.25) is 0 Å². The minimum Gasteiger partial charge on any atom is -0.408 e. The summed E-state index contributed by atoms with van der Waals surface area (Å²) in [5.41, 5.74) is 2.02. The van der Waals surface area contributed by atoms with E-state index in [4.69, 9.17) is 44.1 Å². The average Bonchev–Trinajstić information content (AvgIpc) is 3.08. The molecule has 0 unspecified atom stereocenters. The van der Waals surface area contributed by atoms with Gasteiger partial charge in [0.05, 0.1) is 11.0 Å². The van der Waals surface area contributed by atoms with Crippen molar-refractivity contribution in [1.82, 2.24) is 9.97 Å². The van der Waals surface area contributed by atoms with Crippen LogP contribution in [0.3, 0.4) is 0 Å². The van der Waals surface area contributed by atoms with Crippen LogP contribution in [0, 0.1) is 0 Å². The number of para-hydroxylation sites is 2. The molecule has 2 nitrogen and oxygen atoms in total. The third-order valence-corrected chi connectivity index (χ3v) is 4.89. The maximum Gasteiger partial charge on any atom is 0.0600 e. The van der Waals surface area contributed by atoms with Crippen molar-refractivity contribution in [1.29, 1.82) is 0 Å². The Hall–Kier alpha value is -0.0717. The minimum atomic E-state index is -0.472. The van der Waals surface area contributed by atoms with Gasteiger partial charge in [0, 0.05) is 0 Å². The summed E-state index contributed by atoms with van der Waals surface area (Å²) in [7, 11) is 9.75. The van der Waals surface area contributed by atoms with Gasteiger partial charge in [0.1, 0.15) is 0 Å². The molecule has 0 fully saturated rings. The molecule has 0 amide bonds. The van der Waals surface area contributed by atoms with E-state index in [-0.39, 0.29) is 0 Å². The number of hydrogen-bond acceptors (Lipinski definition) is 6. The number of hydrogen-bond donors (Lipinski definition) is 0. The summed E-state index contributed by atoms with van der Waals surface area (Å²) in [5.74, 6) is 0. The van der Waals surface area contributed by atoms with Gasteiger partial charge in [-0.1, -0.05) is 36.4 Å². The first-order chi connectivity index (χ1) is 11.1. The van der Waals surface area contributed by atoms with Gasteiger partial charge in [-0.2, -0.15) is 0 Å². The minimum absolute atomic E-state index is 0.472. The first-order valence-corrected chi connectivity index (χ1v) is 14.1. The van der Waals surface area contributed by atoms with E-state index in [2.05, 4.69) is 9.97 Å². The van der Waals surface area contributed by atoms with Gasteiger partial charge in [-0.25, -0.2) is 0 Å². The number of thiazole rings is 2. The summed E-state index contributed by atoms with van der Waals surface area (Å²) in [6, 6.07) is 15.9. The summed E-state index contributed by atoms with van der Waals surface area (Å²) in [5, 5.41) is 0. The molecule has 0 aliphatic rings. The number of aromatic nitrogens is 2. The molecule has 0 saturated carbocycles. The van der Waals surface area contributed by atoms with Crippen molar-refractivity contribution >= 4 is 87.2 Å². The molecular formula is C14H8Cl2N2PtS4. The molecule has 9 heteroatoms. The van der Waals surface area contributed by atoms with Crippen molar-refractivity contribution in [3.8, 4) is 0 Å². The van der Waals surface area contributed by atoms with Crippen molar-refractivity contribution in [2.24, 2.45) is 0 Å². The van der Waals surface area contributed by atoms with Crippen molar-refractivity contribution in [2.45, 2.75) is 8.68 Å². The maximum atomic E-state index is 4.92. The predicted molar refractivity (Wildman–Crippen MR) is 102 cm³/mol. The summed E-state index contributed by atoms with van der Waals surface area (Å²) < 4.78 is 3.79. The van der Waals surface area contributed by atoms with Crippen LogP contribution in [0.1, 0.15) is 0 Å². The summed E-state index contributed by atoms with van der Waals surface area (Å²) in [4.78, 5) is 8.29. The van der Waals surface area contributed by atoms with E-state index < -0.39 is 16.5 Å². The Labute approximate surface area is 169 Å². The zero-order valence-corrected chi connectivity index (χ0v) is 18.3. The first-order valence-electron chi connectivity index (χ1n) is 6.01. The van der Waals surface area contributed by atoms with Gasteiger partial charge >= 0.3 is 35.3 Å². The van der Waals surface area contributed by atoms with Crippen molar-refractivity contribution in [3.63, 3.8) is 0 Å². The predicted octanol–water partition coefficient (Wildman–Crippen LogP) is 5.78. The van der Waals surface area contributed by atoms with Crippen molar-refractivity contribution < 1.29 is 16.5 Å². The smallest absolute Gasteiger partial charge is 0.0600 e. The molecule has 2 aromatic heterocycles. The second-order valence-electron chi connectivity index (χ2n) is 3.94. The van der Waals surface area contributed by atoms with Gasteiger partial charge in [-0.15, -0.1) is 0 Å². The largest absolute Gasteiger partial charge is 0.408 e. The zero-order chi connectivity index (χ0) is 16.7. The van der Waals surface area contributed by atoms with Gasteiger partial charge in [0.15, 0.2) is 0 Å². The quantitative estimate of drug-likeness (QED) is 0.240. The van der Waals surface area contributed by atoms with Gasteiger partial charge < -0.3 is 47.9 Å². The molecular weight excluding hydrogens is 590 g/mol. The van der Waals surface area contributed by atoms with Gasteiger partial charge in [-0.05, 0) is 30.2 Å². The second kappa shape index (κ2) is 10.0. The van der Waals surface area contributed by atoms with Gasteiger partial charge in [0.2, 0.25) is 0 Å². The Kier molecular flexibility index (Phi) is 8.41. The standard InChI is InChI=1S/2C7H5NS2.2ClH.Pt/c2*9-7-8-5-3-1-2-4-6(5)10-7;;;/h2*1-4H,(H,8,9);2*1H;/q;;;;+4/p-4. The van der Waals surface area contributed by atoms with E-state index in [1.807, 2.05) is 48.5 Å². The molecule has 2 aromatic carbocycles. The van der Waals surface area contributed by atoms with Gasteiger partial charge in [0.25, 0.3) is 0 Å². The van der Waals surface area contributed by atoms with Gasteiger partial charge in [-0.3, -0.25) is 9.97 Å². The number of fused-ring (bicyclic) bond motifs is 2. The molecule has 4 aromatic rings. The molecule has 0 radical (unpaired) electrons. The zero-order valence-electron chi connectivity index (χ0n) is 11.2. The van der Waals surface area contributed by atoms with Crippen molar-refractivity contribution in [2.75, 3.05) is 0 Å². The molecule has 0 bridgehead atoms. The van der Waals surface area contributed by atoms with Crippen LogP contribution in [0.4, 0.5) is 0 Å². The summed E-state index contributed by atoms with van der Waals surface area (Å²) in [6.45, 7) is 0. The Bertz CT molecular complexity index is 743.